The van der Waals surface area contributed by atoms with Crippen molar-refractivity contribution >= 4 is 41.3 Å². The molecule has 2 aliphatic rings. The molecule has 6 nitrogen and oxygen atoms in total. The van der Waals surface area contributed by atoms with Gasteiger partial charge in [-0.3, -0.25) is 9.89 Å². The molecule has 8 heteroatoms. The Balaban J connectivity index is 0.00000320. The summed E-state index contributed by atoms with van der Waals surface area (Å²) in [5, 5.41) is 9.04. The van der Waals surface area contributed by atoms with Crippen molar-refractivity contribution in [3.05, 3.63) is 22.4 Å². The van der Waals surface area contributed by atoms with Crippen LogP contribution in [-0.4, -0.2) is 69.5 Å². The van der Waals surface area contributed by atoms with Gasteiger partial charge in [0.05, 0.1) is 25.3 Å². The molecular weight excluding hydrogens is 511 g/mol. The molecule has 1 aromatic heterocycles. The van der Waals surface area contributed by atoms with Crippen LogP contribution in [-0.2, 0) is 9.47 Å². The van der Waals surface area contributed by atoms with Gasteiger partial charge in [-0.1, -0.05) is 13.0 Å². The van der Waals surface area contributed by atoms with Crippen LogP contribution in [0.3, 0.4) is 0 Å². The summed E-state index contributed by atoms with van der Waals surface area (Å²) < 4.78 is 11.2. The first-order valence-corrected chi connectivity index (χ1v) is 12.1. The largest absolute Gasteiger partial charge is 0.379 e. The van der Waals surface area contributed by atoms with Gasteiger partial charge in [0.15, 0.2) is 5.96 Å². The number of nitrogens with zero attached hydrogens (tertiary/aromatic N) is 2. The molecule has 30 heavy (non-hydrogen) atoms. The van der Waals surface area contributed by atoms with Gasteiger partial charge in [-0.25, -0.2) is 0 Å². The van der Waals surface area contributed by atoms with E-state index in [0.717, 1.165) is 64.2 Å². The van der Waals surface area contributed by atoms with E-state index >= 15 is 0 Å². The van der Waals surface area contributed by atoms with Gasteiger partial charge in [0.25, 0.3) is 0 Å². The number of guanidine groups is 1. The van der Waals surface area contributed by atoms with Gasteiger partial charge in [0.2, 0.25) is 0 Å². The van der Waals surface area contributed by atoms with E-state index in [0.29, 0.717) is 6.04 Å². The lowest BCUT2D eigenvalue weighted by atomic mass is 9.97. The molecule has 0 spiro atoms. The van der Waals surface area contributed by atoms with E-state index in [-0.39, 0.29) is 30.1 Å². The molecule has 1 aromatic rings. The van der Waals surface area contributed by atoms with Crippen molar-refractivity contribution in [1.82, 2.24) is 15.5 Å². The van der Waals surface area contributed by atoms with E-state index in [9.17, 15) is 0 Å². The lowest BCUT2D eigenvalue weighted by Gasteiger charge is -2.35. The summed E-state index contributed by atoms with van der Waals surface area (Å²) in [5.41, 5.74) is 0. The fraction of sp³-hybridized carbons (Fsp3) is 0.773. The topological polar surface area (TPSA) is 58.1 Å². The first kappa shape index (κ1) is 25.8. The Labute approximate surface area is 203 Å². The summed E-state index contributed by atoms with van der Waals surface area (Å²) in [6.45, 7) is 11.7. The fourth-order valence-corrected chi connectivity index (χ4v) is 4.75. The number of hydrogen-bond donors (Lipinski definition) is 2. The first-order chi connectivity index (χ1) is 14.3. The normalized spacial score (nSPS) is 21.9. The van der Waals surface area contributed by atoms with Gasteiger partial charge < -0.3 is 20.1 Å². The minimum absolute atomic E-state index is 0. The first-order valence-electron chi connectivity index (χ1n) is 11.2. The molecule has 0 amide bonds. The van der Waals surface area contributed by atoms with E-state index in [1.54, 1.807) is 0 Å². The maximum atomic E-state index is 5.85. The molecule has 0 bridgehead atoms. The van der Waals surface area contributed by atoms with Crippen molar-refractivity contribution in [1.29, 1.82) is 0 Å². The molecular formula is C22H39IN4O2S. The van der Waals surface area contributed by atoms with Crippen molar-refractivity contribution in [3.63, 3.8) is 0 Å². The molecule has 172 valence electrons. The Morgan fingerprint density at radius 2 is 2.17 bits per heavy atom. The summed E-state index contributed by atoms with van der Waals surface area (Å²) in [7, 11) is 0. The highest BCUT2D eigenvalue weighted by molar-refractivity contribution is 14.0. The minimum atomic E-state index is 0. The molecule has 0 aromatic carbocycles. The Morgan fingerprint density at radius 1 is 1.33 bits per heavy atom. The quantitative estimate of drug-likeness (QED) is 0.201. The highest BCUT2D eigenvalue weighted by atomic mass is 127. The van der Waals surface area contributed by atoms with E-state index in [2.05, 4.69) is 46.9 Å². The molecule has 0 aliphatic carbocycles. The second-order valence-electron chi connectivity index (χ2n) is 8.11. The predicted molar refractivity (Wildman–Crippen MR) is 136 cm³/mol. The molecule has 3 heterocycles. The zero-order valence-corrected chi connectivity index (χ0v) is 21.6. The maximum Gasteiger partial charge on any atom is 0.191 e. The minimum Gasteiger partial charge on any atom is -0.379 e. The third-order valence-electron chi connectivity index (χ3n) is 5.75. The van der Waals surface area contributed by atoms with E-state index in [1.807, 2.05) is 11.3 Å². The van der Waals surface area contributed by atoms with Crippen molar-refractivity contribution < 1.29 is 9.47 Å². The number of hydrogen-bond acceptors (Lipinski definition) is 5. The van der Waals surface area contributed by atoms with E-state index in [4.69, 9.17) is 14.5 Å². The SMILES string of the molecule is CCNC(=NCC(c1cccs1)N1CCC(C)CC1)NCCCOC1CCOC1.I. The number of nitrogens with one attached hydrogen (secondary N) is 2. The average Bonchev–Trinajstić information content (AvgIpc) is 3.43. The predicted octanol–water partition coefficient (Wildman–Crippen LogP) is 3.89. The van der Waals surface area contributed by atoms with Crippen LogP contribution in [0.15, 0.2) is 22.5 Å². The Hall–Kier alpha value is -0.420. The number of aliphatic imine (C=N–C) groups is 1. The van der Waals surface area contributed by atoms with Crippen LogP contribution in [0.2, 0.25) is 0 Å². The lowest BCUT2D eigenvalue weighted by molar-refractivity contribution is 0.0420. The number of likely N-dealkylation sites (tertiary alicyclic amines) is 1. The molecule has 2 fully saturated rings. The summed E-state index contributed by atoms with van der Waals surface area (Å²) in [6, 6.07) is 4.79. The number of rotatable bonds is 10. The van der Waals surface area contributed by atoms with Crippen molar-refractivity contribution in [2.75, 3.05) is 52.5 Å². The van der Waals surface area contributed by atoms with Gasteiger partial charge in [-0.15, -0.1) is 35.3 Å². The third kappa shape index (κ3) is 8.61. The zero-order chi connectivity index (χ0) is 20.3. The molecule has 0 radical (unpaired) electrons. The second kappa shape index (κ2) is 14.6. The molecule has 3 rings (SSSR count). The molecule has 2 aliphatic heterocycles. The third-order valence-corrected chi connectivity index (χ3v) is 6.73. The summed E-state index contributed by atoms with van der Waals surface area (Å²) in [4.78, 5) is 8.98. The van der Waals surface area contributed by atoms with Crippen LogP contribution < -0.4 is 10.6 Å². The van der Waals surface area contributed by atoms with Crippen LogP contribution in [0.5, 0.6) is 0 Å². The van der Waals surface area contributed by atoms with Crippen LogP contribution in [0.4, 0.5) is 0 Å². The van der Waals surface area contributed by atoms with Crippen molar-refractivity contribution in [2.45, 2.75) is 51.7 Å². The van der Waals surface area contributed by atoms with Crippen LogP contribution >= 0.6 is 35.3 Å². The Bertz CT molecular complexity index is 588. The van der Waals surface area contributed by atoms with Crippen LogP contribution in [0.1, 0.15) is 50.4 Å². The highest BCUT2D eigenvalue weighted by Gasteiger charge is 2.25. The molecule has 2 atom stereocenters. The number of thiophene rings is 1. The van der Waals surface area contributed by atoms with Gasteiger partial charge >= 0.3 is 0 Å². The van der Waals surface area contributed by atoms with Crippen molar-refractivity contribution in [3.8, 4) is 0 Å². The smallest absolute Gasteiger partial charge is 0.191 e. The summed E-state index contributed by atoms with van der Waals surface area (Å²) >= 11 is 1.85. The van der Waals surface area contributed by atoms with Crippen molar-refractivity contribution in [2.24, 2.45) is 10.9 Å². The monoisotopic (exact) mass is 550 g/mol. The molecule has 2 saturated heterocycles. The standard InChI is InChI=1S/C22H38N4O2S.HI/c1-3-23-22(24-10-5-13-28-19-9-14-27-17-19)25-16-20(21-6-4-15-29-21)26-11-7-18(2)8-12-26;/h4,6,15,18-20H,3,5,7-14,16-17H2,1-2H3,(H2,23,24,25);1H. The number of piperidine rings is 1. The van der Waals surface area contributed by atoms with Gasteiger partial charge in [0, 0.05) is 31.2 Å². The van der Waals surface area contributed by atoms with Gasteiger partial charge in [0.1, 0.15) is 0 Å². The molecule has 2 N–H and O–H groups in total. The maximum absolute atomic E-state index is 5.85. The number of halogens is 1. The second-order valence-corrected chi connectivity index (χ2v) is 9.09. The zero-order valence-electron chi connectivity index (χ0n) is 18.5. The van der Waals surface area contributed by atoms with Gasteiger partial charge in [-0.2, -0.15) is 0 Å². The highest BCUT2D eigenvalue weighted by Crippen LogP contribution is 2.29. The van der Waals surface area contributed by atoms with E-state index in [1.165, 1.54) is 30.8 Å². The van der Waals surface area contributed by atoms with E-state index < -0.39 is 0 Å². The van der Waals surface area contributed by atoms with Gasteiger partial charge in [-0.05, 0) is 63.1 Å². The van der Waals surface area contributed by atoms with Crippen LogP contribution in [0.25, 0.3) is 0 Å². The molecule has 0 saturated carbocycles. The Morgan fingerprint density at radius 3 is 2.83 bits per heavy atom. The lowest BCUT2D eigenvalue weighted by Crippen LogP contribution is -2.40. The number of ether oxygens (including phenoxy) is 2. The molecule has 2 unspecified atom stereocenters. The van der Waals surface area contributed by atoms with Crippen LogP contribution in [0, 0.1) is 5.92 Å². The fourth-order valence-electron chi connectivity index (χ4n) is 3.90. The Kier molecular flexibility index (Phi) is 12.6. The summed E-state index contributed by atoms with van der Waals surface area (Å²) in [6.07, 6.45) is 4.86. The summed E-state index contributed by atoms with van der Waals surface area (Å²) in [5.74, 6) is 1.75. The average molecular weight is 551 g/mol.